The van der Waals surface area contributed by atoms with Crippen molar-refractivity contribution in [1.29, 1.82) is 0 Å². The van der Waals surface area contributed by atoms with Crippen LogP contribution >= 0.6 is 11.6 Å². The van der Waals surface area contributed by atoms with Crippen molar-refractivity contribution < 1.29 is 9.21 Å². The average Bonchev–Trinajstić information content (AvgIpc) is 3.06. The normalized spacial score (nSPS) is 26.2. The molecular weight excluding hydrogens is 314 g/mol. The Morgan fingerprint density at radius 1 is 1.35 bits per heavy atom. The fourth-order valence-corrected chi connectivity index (χ4v) is 3.70. The van der Waals surface area contributed by atoms with E-state index in [1.165, 1.54) is 0 Å². The molecule has 3 fully saturated rings. The first-order valence-electron chi connectivity index (χ1n) is 7.94. The Hall–Kier alpha value is -1.85. The largest absolute Gasteiger partial charge is 0.432 e. The standard InChI is InChI=1S/C17H18ClN3O2/c18-13-3-1-2-12(8-13)15-9-19-17(23-15)16(22)20-14-10-21-6-4-11(14)5-7-21/h1-3,8-9,11,14H,4-7,10H2,(H,20,22). The van der Waals surface area contributed by atoms with Crippen LogP contribution in [0.2, 0.25) is 5.02 Å². The number of benzene rings is 1. The van der Waals surface area contributed by atoms with Crippen LogP contribution in [0.25, 0.3) is 11.3 Å². The summed E-state index contributed by atoms with van der Waals surface area (Å²) in [6.45, 7) is 3.22. The lowest BCUT2D eigenvalue weighted by Gasteiger charge is -2.44. The third-order valence-corrected chi connectivity index (χ3v) is 5.02. The number of aromatic nitrogens is 1. The lowest BCUT2D eigenvalue weighted by molar-refractivity contribution is 0.0602. The Morgan fingerprint density at radius 3 is 2.87 bits per heavy atom. The summed E-state index contributed by atoms with van der Waals surface area (Å²) in [5, 5.41) is 3.70. The quantitative estimate of drug-likeness (QED) is 0.939. The van der Waals surface area contributed by atoms with Gasteiger partial charge in [0.1, 0.15) is 0 Å². The number of halogens is 1. The number of rotatable bonds is 3. The van der Waals surface area contributed by atoms with Gasteiger partial charge < -0.3 is 14.6 Å². The van der Waals surface area contributed by atoms with Gasteiger partial charge in [-0.2, -0.15) is 0 Å². The van der Waals surface area contributed by atoms with Crippen LogP contribution in [-0.2, 0) is 0 Å². The third kappa shape index (κ3) is 2.99. The molecule has 3 saturated heterocycles. The molecule has 2 aromatic rings. The SMILES string of the molecule is O=C(NC1CN2CCC1CC2)c1ncc(-c2cccc(Cl)c2)o1. The van der Waals surface area contributed by atoms with E-state index in [0.29, 0.717) is 16.7 Å². The molecule has 3 aliphatic heterocycles. The van der Waals surface area contributed by atoms with Gasteiger partial charge in [0.05, 0.1) is 6.20 Å². The lowest BCUT2D eigenvalue weighted by atomic mass is 9.84. The first-order valence-corrected chi connectivity index (χ1v) is 8.32. The molecule has 5 nitrogen and oxygen atoms in total. The van der Waals surface area contributed by atoms with Gasteiger partial charge in [0.15, 0.2) is 5.76 Å². The zero-order valence-electron chi connectivity index (χ0n) is 12.7. The maximum atomic E-state index is 12.4. The molecule has 0 aliphatic carbocycles. The Morgan fingerprint density at radius 2 is 2.17 bits per heavy atom. The van der Waals surface area contributed by atoms with Gasteiger partial charge in [0.2, 0.25) is 0 Å². The van der Waals surface area contributed by atoms with E-state index in [9.17, 15) is 4.79 Å². The number of hydrogen-bond acceptors (Lipinski definition) is 4. The fourth-order valence-electron chi connectivity index (χ4n) is 3.51. The highest BCUT2D eigenvalue weighted by Crippen LogP contribution is 2.28. The molecule has 120 valence electrons. The summed E-state index contributed by atoms with van der Waals surface area (Å²) in [4.78, 5) is 18.9. The van der Waals surface area contributed by atoms with Gasteiger partial charge in [0.25, 0.3) is 5.89 Å². The number of fused-ring (bicyclic) bond motifs is 3. The van der Waals surface area contributed by atoms with Crippen molar-refractivity contribution in [2.24, 2.45) is 5.92 Å². The van der Waals surface area contributed by atoms with Gasteiger partial charge in [-0.1, -0.05) is 23.7 Å². The second-order valence-electron chi connectivity index (χ2n) is 6.26. The average molecular weight is 332 g/mol. The van der Waals surface area contributed by atoms with Crippen LogP contribution in [-0.4, -0.2) is 41.5 Å². The van der Waals surface area contributed by atoms with E-state index in [-0.39, 0.29) is 17.8 Å². The molecule has 1 aromatic carbocycles. The van der Waals surface area contributed by atoms with E-state index < -0.39 is 0 Å². The molecule has 1 amide bonds. The molecular formula is C17H18ClN3O2. The zero-order chi connectivity index (χ0) is 15.8. The van der Waals surface area contributed by atoms with Gasteiger partial charge in [-0.3, -0.25) is 4.79 Å². The summed E-state index contributed by atoms with van der Waals surface area (Å²) in [5.41, 5.74) is 0.812. The van der Waals surface area contributed by atoms with Gasteiger partial charge in [-0.15, -0.1) is 0 Å². The Balaban J connectivity index is 1.47. The summed E-state index contributed by atoms with van der Waals surface area (Å²) in [5.74, 6) is 0.992. The van der Waals surface area contributed by atoms with Crippen LogP contribution in [0.3, 0.4) is 0 Å². The van der Waals surface area contributed by atoms with Crippen LogP contribution in [0.15, 0.2) is 34.9 Å². The first-order chi connectivity index (χ1) is 11.2. The number of amides is 1. The van der Waals surface area contributed by atoms with E-state index in [4.69, 9.17) is 16.0 Å². The van der Waals surface area contributed by atoms with E-state index in [0.717, 1.165) is 38.0 Å². The molecule has 1 unspecified atom stereocenters. The molecule has 6 heteroatoms. The van der Waals surface area contributed by atoms with Crippen molar-refractivity contribution in [3.05, 3.63) is 41.4 Å². The monoisotopic (exact) mass is 331 g/mol. The summed E-state index contributed by atoms with van der Waals surface area (Å²) < 4.78 is 5.61. The number of nitrogens with one attached hydrogen (secondary N) is 1. The number of nitrogens with zero attached hydrogens (tertiary/aromatic N) is 2. The number of piperidine rings is 3. The molecule has 1 aromatic heterocycles. The summed E-state index contributed by atoms with van der Waals surface area (Å²) in [6, 6.07) is 7.50. The second-order valence-corrected chi connectivity index (χ2v) is 6.69. The first kappa shape index (κ1) is 14.7. The lowest BCUT2D eigenvalue weighted by Crippen LogP contribution is -2.57. The molecule has 0 saturated carbocycles. The molecule has 3 aliphatic rings. The Kier molecular flexibility index (Phi) is 3.83. The molecule has 2 bridgehead atoms. The predicted molar refractivity (Wildman–Crippen MR) is 87.4 cm³/mol. The van der Waals surface area contributed by atoms with Crippen molar-refractivity contribution >= 4 is 17.5 Å². The molecule has 0 spiro atoms. The molecule has 1 atom stereocenters. The van der Waals surface area contributed by atoms with E-state index in [1.807, 2.05) is 12.1 Å². The van der Waals surface area contributed by atoms with Crippen LogP contribution in [0.4, 0.5) is 0 Å². The van der Waals surface area contributed by atoms with Crippen molar-refractivity contribution in [1.82, 2.24) is 15.2 Å². The number of carbonyl (C=O) groups is 1. The number of carbonyl (C=O) groups excluding carboxylic acids is 1. The molecule has 23 heavy (non-hydrogen) atoms. The topological polar surface area (TPSA) is 58.4 Å². The molecule has 5 rings (SSSR count). The molecule has 1 N–H and O–H groups in total. The number of oxazole rings is 1. The van der Waals surface area contributed by atoms with Crippen molar-refractivity contribution in [3.63, 3.8) is 0 Å². The highest BCUT2D eigenvalue weighted by Gasteiger charge is 2.35. The van der Waals surface area contributed by atoms with Crippen LogP contribution in [0.1, 0.15) is 23.5 Å². The van der Waals surface area contributed by atoms with Crippen LogP contribution < -0.4 is 5.32 Å². The van der Waals surface area contributed by atoms with Crippen LogP contribution in [0, 0.1) is 5.92 Å². The van der Waals surface area contributed by atoms with Gasteiger partial charge in [0, 0.05) is 23.2 Å². The number of hydrogen-bond donors (Lipinski definition) is 1. The minimum Gasteiger partial charge on any atom is -0.432 e. The van der Waals surface area contributed by atoms with Crippen molar-refractivity contribution in [2.75, 3.05) is 19.6 Å². The van der Waals surface area contributed by atoms with E-state index in [1.54, 1.807) is 18.3 Å². The van der Waals surface area contributed by atoms with Crippen molar-refractivity contribution in [2.45, 2.75) is 18.9 Å². The highest BCUT2D eigenvalue weighted by molar-refractivity contribution is 6.30. The summed E-state index contributed by atoms with van der Waals surface area (Å²) in [6.07, 6.45) is 3.88. The maximum Gasteiger partial charge on any atom is 0.307 e. The van der Waals surface area contributed by atoms with Gasteiger partial charge in [-0.25, -0.2) is 4.98 Å². The summed E-state index contributed by atoms with van der Waals surface area (Å²) in [7, 11) is 0. The van der Waals surface area contributed by atoms with Gasteiger partial charge >= 0.3 is 5.91 Å². The van der Waals surface area contributed by atoms with E-state index >= 15 is 0 Å². The Labute approximate surface area is 139 Å². The minimum absolute atomic E-state index is 0.108. The Bertz CT molecular complexity index is 722. The predicted octanol–water partition coefficient (Wildman–Crippen LogP) is 2.82. The third-order valence-electron chi connectivity index (χ3n) is 4.78. The van der Waals surface area contributed by atoms with Crippen molar-refractivity contribution in [3.8, 4) is 11.3 Å². The second kappa shape index (κ2) is 5.98. The molecule has 0 radical (unpaired) electrons. The maximum absolute atomic E-state index is 12.4. The van der Waals surface area contributed by atoms with Gasteiger partial charge in [-0.05, 0) is 44.0 Å². The fraction of sp³-hybridized carbons (Fsp3) is 0.412. The summed E-state index contributed by atoms with van der Waals surface area (Å²) >= 11 is 5.98. The van der Waals surface area contributed by atoms with Crippen LogP contribution in [0.5, 0.6) is 0 Å². The highest BCUT2D eigenvalue weighted by atomic mass is 35.5. The molecule has 4 heterocycles. The van der Waals surface area contributed by atoms with E-state index in [2.05, 4.69) is 15.2 Å². The zero-order valence-corrected chi connectivity index (χ0v) is 13.4. The smallest absolute Gasteiger partial charge is 0.307 e. The minimum atomic E-state index is -0.239.